The molecule has 1 heterocycles. The summed E-state index contributed by atoms with van der Waals surface area (Å²) in [7, 11) is 1.61. The Morgan fingerprint density at radius 3 is 3.14 bits per heavy atom. The van der Waals surface area contributed by atoms with Crippen molar-refractivity contribution >= 4 is 5.69 Å². The van der Waals surface area contributed by atoms with Crippen LogP contribution in [-0.4, -0.2) is 21.2 Å². The standard InChI is InChI=1S/C6H8N6O2/c1-11-5(2-3-8-10-7)6(4-9-11)12(13)14/h4H,2-3H2,1H3. The minimum absolute atomic E-state index is 0.0411. The molecule has 14 heavy (non-hydrogen) atoms. The number of aryl methyl sites for hydroxylation is 1. The van der Waals surface area contributed by atoms with Gasteiger partial charge in [0.05, 0.1) is 4.92 Å². The van der Waals surface area contributed by atoms with E-state index < -0.39 is 4.92 Å². The van der Waals surface area contributed by atoms with E-state index in [1.165, 1.54) is 10.9 Å². The van der Waals surface area contributed by atoms with Crippen LogP contribution >= 0.6 is 0 Å². The topological polar surface area (TPSA) is 110 Å². The number of rotatable bonds is 4. The number of azide groups is 1. The van der Waals surface area contributed by atoms with Crippen molar-refractivity contribution in [3.8, 4) is 0 Å². The highest BCUT2D eigenvalue weighted by molar-refractivity contribution is 5.32. The molecule has 0 aliphatic heterocycles. The molecule has 0 amide bonds. The van der Waals surface area contributed by atoms with Crippen molar-refractivity contribution in [3.05, 3.63) is 32.4 Å². The molecular formula is C6H8N6O2. The van der Waals surface area contributed by atoms with E-state index in [9.17, 15) is 10.1 Å². The Morgan fingerprint density at radius 1 is 1.86 bits per heavy atom. The van der Waals surface area contributed by atoms with Gasteiger partial charge in [0.1, 0.15) is 11.9 Å². The summed E-state index contributed by atoms with van der Waals surface area (Å²) in [6.07, 6.45) is 1.50. The summed E-state index contributed by atoms with van der Waals surface area (Å²) in [5.41, 5.74) is 8.46. The Balaban J connectivity index is 2.87. The first-order chi connectivity index (χ1) is 6.66. The maximum absolute atomic E-state index is 10.5. The third kappa shape index (κ3) is 1.99. The lowest BCUT2D eigenvalue weighted by molar-refractivity contribution is -0.385. The molecule has 0 aromatic carbocycles. The van der Waals surface area contributed by atoms with Gasteiger partial charge in [0.2, 0.25) is 0 Å². The molecule has 0 bridgehead atoms. The highest BCUT2D eigenvalue weighted by atomic mass is 16.6. The molecule has 8 heteroatoms. The van der Waals surface area contributed by atoms with Gasteiger partial charge < -0.3 is 0 Å². The first-order valence-corrected chi connectivity index (χ1v) is 3.83. The molecule has 0 aliphatic rings. The zero-order valence-corrected chi connectivity index (χ0v) is 7.49. The molecule has 0 spiro atoms. The van der Waals surface area contributed by atoms with Crippen LogP contribution in [0.3, 0.4) is 0 Å². The lowest BCUT2D eigenvalue weighted by atomic mass is 10.3. The van der Waals surface area contributed by atoms with Crippen molar-refractivity contribution in [2.75, 3.05) is 6.54 Å². The Labute approximate surface area is 78.9 Å². The first-order valence-electron chi connectivity index (χ1n) is 3.83. The molecule has 0 atom stereocenters. The number of hydrogen-bond donors (Lipinski definition) is 0. The molecule has 0 saturated heterocycles. The molecule has 0 unspecified atom stereocenters. The maximum Gasteiger partial charge on any atom is 0.310 e. The number of nitro groups is 1. The van der Waals surface area contributed by atoms with E-state index >= 15 is 0 Å². The smallest absolute Gasteiger partial charge is 0.265 e. The predicted molar refractivity (Wildman–Crippen MR) is 47.6 cm³/mol. The zero-order valence-electron chi connectivity index (χ0n) is 7.49. The Kier molecular flexibility index (Phi) is 3.03. The average molecular weight is 196 g/mol. The SMILES string of the molecule is Cn1ncc([N+](=O)[O-])c1CCN=[N+]=[N-]. The van der Waals surface area contributed by atoms with Crippen LogP contribution in [0.4, 0.5) is 5.69 Å². The summed E-state index contributed by atoms with van der Waals surface area (Å²) in [6.45, 7) is 0.191. The van der Waals surface area contributed by atoms with Crippen molar-refractivity contribution < 1.29 is 4.92 Å². The van der Waals surface area contributed by atoms with Crippen LogP contribution in [-0.2, 0) is 13.5 Å². The fourth-order valence-corrected chi connectivity index (χ4v) is 1.09. The molecule has 0 radical (unpaired) electrons. The molecule has 1 aromatic rings. The van der Waals surface area contributed by atoms with Crippen LogP contribution in [0, 0.1) is 10.1 Å². The van der Waals surface area contributed by atoms with Gasteiger partial charge in [-0.3, -0.25) is 14.8 Å². The first kappa shape index (κ1) is 10.0. The lowest BCUT2D eigenvalue weighted by Crippen LogP contribution is -2.02. The molecule has 0 aliphatic carbocycles. The lowest BCUT2D eigenvalue weighted by Gasteiger charge is -1.97. The van der Waals surface area contributed by atoms with E-state index in [-0.39, 0.29) is 12.2 Å². The second kappa shape index (κ2) is 4.24. The van der Waals surface area contributed by atoms with E-state index in [1.807, 2.05) is 0 Å². The molecule has 0 N–H and O–H groups in total. The molecule has 0 fully saturated rings. The molecule has 8 nitrogen and oxygen atoms in total. The predicted octanol–water partition coefficient (Wildman–Crippen LogP) is 1.18. The van der Waals surface area contributed by atoms with E-state index in [0.29, 0.717) is 12.1 Å². The van der Waals surface area contributed by atoms with Crippen molar-refractivity contribution in [1.82, 2.24) is 9.78 Å². The van der Waals surface area contributed by atoms with Crippen LogP contribution in [0.1, 0.15) is 5.69 Å². The van der Waals surface area contributed by atoms with Gasteiger partial charge in [0, 0.05) is 24.9 Å². The van der Waals surface area contributed by atoms with Crippen LogP contribution in [0.15, 0.2) is 11.3 Å². The summed E-state index contributed by atoms with van der Waals surface area (Å²) < 4.78 is 1.41. The monoisotopic (exact) mass is 196 g/mol. The van der Waals surface area contributed by atoms with Gasteiger partial charge >= 0.3 is 5.69 Å². The Hall–Kier alpha value is -2.08. The average Bonchev–Trinajstić information content (AvgIpc) is 2.48. The Bertz CT molecular complexity index is 391. The van der Waals surface area contributed by atoms with E-state index in [4.69, 9.17) is 5.53 Å². The highest BCUT2D eigenvalue weighted by Crippen LogP contribution is 2.16. The van der Waals surface area contributed by atoms with Crippen LogP contribution in [0.5, 0.6) is 0 Å². The van der Waals surface area contributed by atoms with Crippen molar-refractivity contribution in [2.24, 2.45) is 12.2 Å². The minimum Gasteiger partial charge on any atom is -0.265 e. The van der Waals surface area contributed by atoms with Crippen molar-refractivity contribution in [1.29, 1.82) is 0 Å². The second-order valence-electron chi connectivity index (χ2n) is 2.56. The molecule has 74 valence electrons. The van der Waals surface area contributed by atoms with Gasteiger partial charge in [-0.2, -0.15) is 5.10 Å². The molecule has 1 aromatic heterocycles. The van der Waals surface area contributed by atoms with Gasteiger partial charge in [0.15, 0.2) is 0 Å². The Morgan fingerprint density at radius 2 is 2.57 bits per heavy atom. The third-order valence-corrected chi connectivity index (χ3v) is 1.75. The van der Waals surface area contributed by atoms with Gasteiger partial charge in [0.25, 0.3) is 0 Å². The highest BCUT2D eigenvalue weighted by Gasteiger charge is 2.17. The van der Waals surface area contributed by atoms with Gasteiger partial charge in [-0.25, -0.2) is 0 Å². The maximum atomic E-state index is 10.5. The van der Waals surface area contributed by atoms with Gasteiger partial charge in [-0.1, -0.05) is 5.11 Å². The fraction of sp³-hybridized carbons (Fsp3) is 0.500. The summed E-state index contributed by atoms with van der Waals surface area (Å²) in [4.78, 5) is 12.6. The fourth-order valence-electron chi connectivity index (χ4n) is 1.09. The minimum atomic E-state index is -0.502. The quantitative estimate of drug-likeness (QED) is 0.237. The second-order valence-corrected chi connectivity index (χ2v) is 2.56. The van der Waals surface area contributed by atoms with Gasteiger partial charge in [-0.05, 0) is 5.53 Å². The third-order valence-electron chi connectivity index (χ3n) is 1.75. The van der Waals surface area contributed by atoms with E-state index in [1.54, 1.807) is 7.05 Å². The van der Waals surface area contributed by atoms with E-state index in [2.05, 4.69) is 15.1 Å². The number of hydrogen-bond acceptors (Lipinski definition) is 4. The van der Waals surface area contributed by atoms with Gasteiger partial charge in [-0.15, -0.1) is 0 Å². The van der Waals surface area contributed by atoms with E-state index in [0.717, 1.165) is 0 Å². The number of aromatic nitrogens is 2. The van der Waals surface area contributed by atoms with Crippen molar-refractivity contribution in [2.45, 2.75) is 6.42 Å². The van der Waals surface area contributed by atoms with Crippen LogP contribution < -0.4 is 0 Å². The largest absolute Gasteiger partial charge is 0.310 e. The van der Waals surface area contributed by atoms with Crippen LogP contribution in [0.2, 0.25) is 0 Å². The van der Waals surface area contributed by atoms with Crippen LogP contribution in [0.25, 0.3) is 10.4 Å². The summed E-state index contributed by atoms with van der Waals surface area (Å²) >= 11 is 0. The summed E-state index contributed by atoms with van der Waals surface area (Å²) in [5.74, 6) is 0. The summed E-state index contributed by atoms with van der Waals surface area (Å²) in [6, 6.07) is 0. The molecular weight excluding hydrogens is 188 g/mol. The molecule has 1 rings (SSSR count). The number of nitrogens with zero attached hydrogens (tertiary/aromatic N) is 6. The summed E-state index contributed by atoms with van der Waals surface area (Å²) in [5, 5.41) is 17.6. The normalized spacial score (nSPS) is 9.50. The zero-order chi connectivity index (χ0) is 10.6. The molecule has 0 saturated carbocycles. The van der Waals surface area contributed by atoms with Crippen molar-refractivity contribution in [3.63, 3.8) is 0 Å².